The summed E-state index contributed by atoms with van der Waals surface area (Å²) in [4.78, 5) is 10.7. The standard InChI is InChI=1S/C8H9ClF3N3O2/c9-3-6(16)13-1-2-17-5-4-14-15-7(5)8(10,11)12/h4H,1-3H2,(H,13,16)(H,14,15). The molecule has 0 atom stereocenters. The summed E-state index contributed by atoms with van der Waals surface area (Å²) in [6.07, 6.45) is -3.63. The summed E-state index contributed by atoms with van der Waals surface area (Å²) in [6.45, 7) is -0.0424. The van der Waals surface area contributed by atoms with E-state index in [0.717, 1.165) is 6.20 Å². The van der Waals surface area contributed by atoms with E-state index in [1.807, 2.05) is 0 Å². The van der Waals surface area contributed by atoms with Gasteiger partial charge in [-0.3, -0.25) is 9.89 Å². The summed E-state index contributed by atoms with van der Waals surface area (Å²) < 4.78 is 41.8. The van der Waals surface area contributed by atoms with Gasteiger partial charge in [0.25, 0.3) is 0 Å². The van der Waals surface area contributed by atoms with Crippen LogP contribution in [0.15, 0.2) is 6.20 Å². The number of rotatable bonds is 5. The topological polar surface area (TPSA) is 67.0 Å². The van der Waals surface area contributed by atoms with Crippen molar-refractivity contribution in [2.24, 2.45) is 0 Å². The Labute approximate surface area is 99.3 Å². The predicted molar refractivity (Wildman–Crippen MR) is 52.8 cm³/mol. The molecule has 0 saturated carbocycles. The van der Waals surface area contributed by atoms with Crippen LogP contribution in [0.4, 0.5) is 13.2 Å². The minimum Gasteiger partial charge on any atom is -0.488 e. The summed E-state index contributed by atoms with van der Waals surface area (Å²) in [5.74, 6) is -1.03. The third-order valence-corrected chi connectivity index (χ3v) is 1.93. The minimum absolute atomic E-state index is 0.0635. The molecule has 0 aromatic carbocycles. The molecule has 1 rings (SSSR count). The van der Waals surface area contributed by atoms with Gasteiger partial charge in [0.15, 0.2) is 11.4 Å². The number of alkyl halides is 4. The first kappa shape index (κ1) is 13.6. The fourth-order valence-electron chi connectivity index (χ4n) is 0.986. The number of amides is 1. The largest absolute Gasteiger partial charge is 0.488 e. The second-order valence-electron chi connectivity index (χ2n) is 2.94. The predicted octanol–water partition coefficient (Wildman–Crippen LogP) is 1.16. The molecule has 0 unspecified atom stereocenters. The molecule has 0 aliphatic rings. The molecule has 1 aromatic rings. The van der Waals surface area contributed by atoms with Gasteiger partial charge in [-0.05, 0) is 0 Å². The lowest BCUT2D eigenvalue weighted by atomic mass is 10.4. The van der Waals surface area contributed by atoms with Crippen LogP contribution < -0.4 is 10.1 Å². The Balaban J connectivity index is 2.42. The van der Waals surface area contributed by atoms with Gasteiger partial charge in [0.2, 0.25) is 5.91 Å². The summed E-state index contributed by atoms with van der Waals surface area (Å²) in [5, 5.41) is 7.38. The molecular formula is C8H9ClF3N3O2. The minimum atomic E-state index is -4.55. The number of hydrogen-bond donors (Lipinski definition) is 2. The normalized spacial score (nSPS) is 11.3. The van der Waals surface area contributed by atoms with E-state index in [1.165, 1.54) is 0 Å². The third-order valence-electron chi connectivity index (χ3n) is 1.69. The van der Waals surface area contributed by atoms with Gasteiger partial charge in [-0.2, -0.15) is 18.3 Å². The summed E-state index contributed by atoms with van der Waals surface area (Å²) in [6, 6.07) is 0. The van der Waals surface area contributed by atoms with Gasteiger partial charge in [0.1, 0.15) is 12.5 Å². The monoisotopic (exact) mass is 271 g/mol. The van der Waals surface area contributed by atoms with E-state index >= 15 is 0 Å². The van der Waals surface area contributed by atoms with Crippen molar-refractivity contribution in [3.8, 4) is 5.75 Å². The Hall–Kier alpha value is -1.44. The van der Waals surface area contributed by atoms with Crippen molar-refractivity contribution in [2.45, 2.75) is 6.18 Å². The summed E-state index contributed by atoms with van der Waals surface area (Å²) in [5.41, 5.74) is -1.05. The van der Waals surface area contributed by atoms with Crippen LogP contribution in [0.3, 0.4) is 0 Å². The molecule has 0 radical (unpaired) electrons. The highest BCUT2D eigenvalue weighted by Gasteiger charge is 2.36. The van der Waals surface area contributed by atoms with Crippen LogP contribution in [0.2, 0.25) is 0 Å². The average molecular weight is 272 g/mol. The van der Waals surface area contributed by atoms with Crippen LogP contribution in [0.25, 0.3) is 0 Å². The maximum Gasteiger partial charge on any atom is 0.436 e. The van der Waals surface area contributed by atoms with E-state index in [-0.39, 0.29) is 19.0 Å². The maximum atomic E-state index is 12.3. The Kier molecular flexibility index (Phi) is 4.62. The van der Waals surface area contributed by atoms with Gasteiger partial charge in [0.05, 0.1) is 12.7 Å². The van der Waals surface area contributed by atoms with Crippen LogP contribution in [0.1, 0.15) is 5.69 Å². The Morgan fingerprint density at radius 1 is 1.59 bits per heavy atom. The van der Waals surface area contributed by atoms with Crippen LogP contribution in [-0.4, -0.2) is 35.1 Å². The number of carbonyl (C=O) groups excluding carboxylic acids is 1. The highest BCUT2D eigenvalue weighted by atomic mass is 35.5. The van der Waals surface area contributed by atoms with E-state index in [0.29, 0.717) is 0 Å². The molecule has 1 heterocycles. The van der Waals surface area contributed by atoms with Gasteiger partial charge < -0.3 is 10.1 Å². The van der Waals surface area contributed by atoms with E-state index in [2.05, 4.69) is 10.4 Å². The smallest absolute Gasteiger partial charge is 0.436 e. The first-order valence-corrected chi connectivity index (χ1v) is 5.04. The quantitative estimate of drug-likeness (QED) is 0.624. The van der Waals surface area contributed by atoms with Crippen LogP contribution in [0.5, 0.6) is 5.75 Å². The number of ether oxygens (including phenoxy) is 1. The third kappa shape index (κ3) is 4.14. The number of aromatic nitrogens is 2. The number of halogens is 4. The molecular weight excluding hydrogens is 263 g/mol. The molecule has 1 amide bonds. The molecule has 0 bridgehead atoms. The van der Waals surface area contributed by atoms with Crippen molar-refractivity contribution in [1.29, 1.82) is 0 Å². The van der Waals surface area contributed by atoms with Crippen LogP contribution in [-0.2, 0) is 11.0 Å². The van der Waals surface area contributed by atoms with Gasteiger partial charge >= 0.3 is 6.18 Å². The first-order valence-electron chi connectivity index (χ1n) is 4.51. The molecule has 2 N–H and O–H groups in total. The van der Waals surface area contributed by atoms with Crippen molar-refractivity contribution < 1.29 is 22.7 Å². The molecule has 0 aliphatic heterocycles. The molecule has 0 fully saturated rings. The van der Waals surface area contributed by atoms with E-state index in [9.17, 15) is 18.0 Å². The average Bonchev–Trinajstić information content (AvgIpc) is 2.71. The fraction of sp³-hybridized carbons (Fsp3) is 0.500. The Morgan fingerprint density at radius 3 is 2.88 bits per heavy atom. The zero-order valence-corrected chi connectivity index (χ0v) is 9.23. The number of carbonyl (C=O) groups is 1. The second-order valence-corrected chi connectivity index (χ2v) is 3.21. The number of H-pyrrole nitrogens is 1. The van der Waals surface area contributed by atoms with Crippen LogP contribution in [0, 0.1) is 0 Å². The molecule has 9 heteroatoms. The van der Waals surface area contributed by atoms with Crippen molar-refractivity contribution in [1.82, 2.24) is 15.5 Å². The number of nitrogens with one attached hydrogen (secondary N) is 2. The molecule has 5 nitrogen and oxygen atoms in total. The summed E-state index contributed by atoms with van der Waals surface area (Å²) in [7, 11) is 0. The number of hydrogen-bond acceptors (Lipinski definition) is 3. The van der Waals surface area contributed by atoms with E-state index < -0.39 is 23.5 Å². The van der Waals surface area contributed by atoms with E-state index in [1.54, 1.807) is 5.10 Å². The molecule has 0 spiro atoms. The van der Waals surface area contributed by atoms with Crippen LogP contribution >= 0.6 is 11.6 Å². The van der Waals surface area contributed by atoms with Gasteiger partial charge in [0, 0.05) is 0 Å². The SMILES string of the molecule is O=C(CCl)NCCOc1cn[nH]c1C(F)(F)F. The molecule has 0 saturated heterocycles. The molecule has 17 heavy (non-hydrogen) atoms. The maximum absolute atomic E-state index is 12.3. The van der Waals surface area contributed by atoms with Gasteiger partial charge in [-0.25, -0.2) is 0 Å². The lowest BCUT2D eigenvalue weighted by Crippen LogP contribution is -2.29. The van der Waals surface area contributed by atoms with Crippen molar-refractivity contribution in [3.05, 3.63) is 11.9 Å². The van der Waals surface area contributed by atoms with E-state index in [4.69, 9.17) is 16.3 Å². The van der Waals surface area contributed by atoms with Gasteiger partial charge in [-0.1, -0.05) is 0 Å². The molecule has 96 valence electrons. The first-order chi connectivity index (χ1) is 7.95. The van der Waals surface area contributed by atoms with Gasteiger partial charge in [-0.15, -0.1) is 11.6 Å². The van der Waals surface area contributed by atoms with Crippen molar-refractivity contribution in [2.75, 3.05) is 19.0 Å². The lowest BCUT2D eigenvalue weighted by Gasteiger charge is -2.08. The second kappa shape index (κ2) is 5.76. The molecule has 0 aliphatic carbocycles. The molecule has 1 aromatic heterocycles. The Morgan fingerprint density at radius 2 is 2.29 bits per heavy atom. The zero-order chi connectivity index (χ0) is 12.9. The van der Waals surface area contributed by atoms with Crippen molar-refractivity contribution >= 4 is 17.5 Å². The highest BCUT2D eigenvalue weighted by molar-refractivity contribution is 6.27. The Bertz CT molecular complexity index is 380. The zero-order valence-electron chi connectivity index (χ0n) is 8.47. The number of nitrogens with zero attached hydrogens (tertiary/aromatic N) is 1. The highest BCUT2D eigenvalue weighted by Crippen LogP contribution is 2.33. The lowest BCUT2D eigenvalue weighted by molar-refractivity contribution is -0.142. The summed E-state index contributed by atoms with van der Waals surface area (Å²) >= 11 is 5.20. The number of aromatic amines is 1. The van der Waals surface area contributed by atoms with Crippen molar-refractivity contribution in [3.63, 3.8) is 0 Å². The fourth-order valence-corrected chi connectivity index (χ4v) is 1.08.